The minimum absolute atomic E-state index is 0.507. The molecule has 122 valence electrons. The molecule has 1 atom stereocenters. The molecular weight excluding hydrogens is 331 g/mol. The molecule has 0 spiro atoms. The van der Waals surface area contributed by atoms with Crippen molar-refractivity contribution in [1.29, 1.82) is 0 Å². The molecule has 1 fully saturated rings. The van der Waals surface area contributed by atoms with Crippen LogP contribution in [0.3, 0.4) is 0 Å². The Balaban J connectivity index is 1.81. The van der Waals surface area contributed by atoms with Gasteiger partial charge in [-0.15, -0.1) is 0 Å². The van der Waals surface area contributed by atoms with Gasteiger partial charge in [-0.25, -0.2) is 9.24 Å². The molecule has 1 heterocycles. The van der Waals surface area contributed by atoms with E-state index < -0.39 is 7.67 Å². The third-order valence-corrected chi connectivity index (χ3v) is 6.28. The van der Waals surface area contributed by atoms with Gasteiger partial charge < -0.3 is 9.61 Å². The Kier molecular flexibility index (Phi) is 5.08. The molecule has 0 saturated carbocycles. The second kappa shape index (κ2) is 7.06. The molecule has 2 aromatic rings. The fourth-order valence-corrected chi connectivity index (χ4v) is 4.76. The predicted molar refractivity (Wildman–Crippen MR) is 94.8 cm³/mol. The molecule has 0 unspecified atom stereocenters. The lowest BCUT2D eigenvalue weighted by molar-refractivity contribution is 0.206. The van der Waals surface area contributed by atoms with Crippen molar-refractivity contribution in [2.45, 2.75) is 19.9 Å². The number of nitrogens with zero attached hydrogens (tertiary/aromatic N) is 1. The molecule has 0 aliphatic carbocycles. The topological polar surface area (TPSA) is 41.6 Å². The Morgan fingerprint density at radius 2 is 1.96 bits per heavy atom. The smallest absolute Gasteiger partial charge is 0.303 e. The van der Waals surface area contributed by atoms with Crippen LogP contribution in [-0.2, 0) is 15.6 Å². The first-order valence-electron chi connectivity index (χ1n) is 7.65. The summed E-state index contributed by atoms with van der Waals surface area (Å²) in [5.74, 6) is 0. The normalized spacial score (nSPS) is 22.0. The number of anilines is 1. The molecule has 1 N–H and O–H groups in total. The predicted octanol–water partition coefficient (Wildman–Crippen LogP) is 5.09. The van der Waals surface area contributed by atoms with Gasteiger partial charge in [0.2, 0.25) is 0 Å². The van der Waals surface area contributed by atoms with E-state index in [0.29, 0.717) is 18.2 Å². The van der Waals surface area contributed by atoms with Gasteiger partial charge in [-0.2, -0.15) is 0 Å². The number of rotatable bonds is 4. The molecule has 0 bridgehead atoms. The van der Waals surface area contributed by atoms with Crippen LogP contribution in [0.25, 0.3) is 0 Å². The lowest BCUT2D eigenvalue weighted by Crippen LogP contribution is -2.31. The molecule has 23 heavy (non-hydrogen) atoms. The summed E-state index contributed by atoms with van der Waals surface area (Å²) >= 11 is 5.93. The van der Waals surface area contributed by atoms with Crippen molar-refractivity contribution < 1.29 is 9.09 Å². The lowest BCUT2D eigenvalue weighted by atomic mass is 10.2. The molecule has 0 radical (unpaired) electrons. The van der Waals surface area contributed by atoms with E-state index in [4.69, 9.17) is 16.1 Å². The number of hydrogen-bond acceptors (Lipinski definition) is 2. The number of nitrogens with one attached hydrogen (secondary N) is 1. The summed E-state index contributed by atoms with van der Waals surface area (Å²) in [7, 11) is -3.10. The molecule has 1 saturated heterocycles. The summed E-state index contributed by atoms with van der Waals surface area (Å²) in [5.41, 5.74) is 2.95. The van der Waals surface area contributed by atoms with Crippen molar-refractivity contribution in [3.8, 4) is 0 Å². The molecular formula is C17H20ClN2O2P. The monoisotopic (exact) mass is 350 g/mol. The number of para-hydroxylation sites is 1. The number of hydrogen-bond donors (Lipinski definition) is 1. The van der Waals surface area contributed by atoms with Gasteiger partial charge in [-0.1, -0.05) is 41.9 Å². The second-order valence-corrected chi connectivity index (χ2v) is 8.17. The van der Waals surface area contributed by atoms with Gasteiger partial charge >= 0.3 is 7.67 Å². The Hall–Kier alpha value is -1.32. The van der Waals surface area contributed by atoms with E-state index in [2.05, 4.69) is 5.09 Å². The van der Waals surface area contributed by atoms with Gasteiger partial charge in [0, 0.05) is 23.8 Å². The van der Waals surface area contributed by atoms with Gasteiger partial charge in [0.15, 0.2) is 0 Å². The number of halogens is 1. The Morgan fingerprint density at radius 1 is 1.22 bits per heavy atom. The van der Waals surface area contributed by atoms with Crippen molar-refractivity contribution in [2.24, 2.45) is 0 Å². The highest BCUT2D eigenvalue weighted by molar-refractivity contribution is 7.58. The standard InChI is InChI=1S/C17H20ClN2O2P/c1-14-5-2-3-6-17(14)19-23(21)20(11-4-12-22-23)13-15-7-9-16(18)10-8-15/h2-3,5-10H,4,11-13H2,1H3,(H,19,21)/t23-/m0/s1. The first-order chi connectivity index (χ1) is 11.1. The van der Waals surface area contributed by atoms with E-state index in [1.165, 1.54) is 0 Å². The van der Waals surface area contributed by atoms with Crippen molar-refractivity contribution in [1.82, 2.24) is 4.67 Å². The van der Waals surface area contributed by atoms with E-state index in [9.17, 15) is 4.57 Å². The molecule has 1 aliphatic rings. The zero-order valence-electron chi connectivity index (χ0n) is 13.0. The van der Waals surface area contributed by atoms with E-state index in [1.807, 2.05) is 60.1 Å². The van der Waals surface area contributed by atoms with Gasteiger partial charge in [0.05, 0.1) is 6.61 Å². The van der Waals surface area contributed by atoms with Crippen LogP contribution in [0.2, 0.25) is 5.02 Å². The first kappa shape index (κ1) is 16.5. The third-order valence-electron chi connectivity index (χ3n) is 3.88. The summed E-state index contributed by atoms with van der Waals surface area (Å²) in [6.07, 6.45) is 0.868. The van der Waals surface area contributed by atoms with Crippen LogP contribution >= 0.6 is 19.3 Å². The van der Waals surface area contributed by atoms with Gasteiger partial charge in [0.25, 0.3) is 0 Å². The highest BCUT2D eigenvalue weighted by Crippen LogP contribution is 2.53. The van der Waals surface area contributed by atoms with Gasteiger partial charge in [-0.3, -0.25) is 0 Å². The lowest BCUT2D eigenvalue weighted by Gasteiger charge is -2.35. The molecule has 2 aromatic carbocycles. The third kappa shape index (κ3) is 3.96. The molecule has 4 nitrogen and oxygen atoms in total. The van der Waals surface area contributed by atoms with E-state index in [1.54, 1.807) is 0 Å². The van der Waals surface area contributed by atoms with Crippen molar-refractivity contribution in [3.63, 3.8) is 0 Å². The van der Waals surface area contributed by atoms with Crippen LogP contribution in [-0.4, -0.2) is 17.8 Å². The molecule has 0 amide bonds. The zero-order chi connectivity index (χ0) is 16.3. The number of aryl methyl sites for hydroxylation is 1. The summed E-state index contributed by atoms with van der Waals surface area (Å²) < 4.78 is 20.9. The van der Waals surface area contributed by atoms with Crippen LogP contribution in [0.5, 0.6) is 0 Å². The van der Waals surface area contributed by atoms with Crippen molar-refractivity contribution in [3.05, 3.63) is 64.7 Å². The maximum Gasteiger partial charge on any atom is 0.368 e. The average Bonchev–Trinajstić information content (AvgIpc) is 2.54. The highest BCUT2D eigenvalue weighted by Gasteiger charge is 2.35. The second-order valence-electron chi connectivity index (χ2n) is 5.65. The van der Waals surface area contributed by atoms with Crippen LogP contribution < -0.4 is 5.09 Å². The average molecular weight is 351 g/mol. The Labute approximate surface area is 142 Å². The van der Waals surface area contributed by atoms with E-state index in [-0.39, 0.29) is 0 Å². The van der Waals surface area contributed by atoms with E-state index in [0.717, 1.165) is 29.8 Å². The fourth-order valence-electron chi connectivity index (χ4n) is 2.57. The first-order valence-corrected chi connectivity index (χ1v) is 9.61. The molecule has 0 aromatic heterocycles. The van der Waals surface area contributed by atoms with Crippen LogP contribution in [0.15, 0.2) is 48.5 Å². The maximum absolute atomic E-state index is 13.3. The SMILES string of the molecule is Cc1ccccc1N[P@]1(=O)OCCCN1Cc1ccc(Cl)cc1. The van der Waals surface area contributed by atoms with Gasteiger partial charge in [0.1, 0.15) is 0 Å². The highest BCUT2D eigenvalue weighted by atomic mass is 35.5. The summed E-state index contributed by atoms with van der Waals surface area (Å²) in [6, 6.07) is 15.4. The molecule has 6 heteroatoms. The maximum atomic E-state index is 13.3. The fraction of sp³-hybridized carbons (Fsp3) is 0.294. The van der Waals surface area contributed by atoms with Crippen LogP contribution in [0, 0.1) is 6.92 Å². The molecule has 3 rings (SSSR count). The summed E-state index contributed by atoms with van der Waals surface area (Å²) in [5, 5.41) is 3.84. The van der Waals surface area contributed by atoms with Crippen molar-refractivity contribution >= 4 is 25.0 Å². The zero-order valence-corrected chi connectivity index (χ0v) is 14.7. The minimum Gasteiger partial charge on any atom is -0.303 e. The van der Waals surface area contributed by atoms with Gasteiger partial charge in [-0.05, 0) is 42.7 Å². The van der Waals surface area contributed by atoms with E-state index >= 15 is 0 Å². The Bertz CT molecular complexity index is 721. The minimum atomic E-state index is -3.10. The Morgan fingerprint density at radius 3 is 2.70 bits per heavy atom. The largest absolute Gasteiger partial charge is 0.368 e. The van der Waals surface area contributed by atoms with Crippen molar-refractivity contribution in [2.75, 3.05) is 18.2 Å². The summed E-state index contributed by atoms with van der Waals surface area (Å²) in [6.45, 7) is 3.79. The number of benzene rings is 2. The quantitative estimate of drug-likeness (QED) is 0.780. The summed E-state index contributed by atoms with van der Waals surface area (Å²) in [4.78, 5) is 0. The van der Waals surface area contributed by atoms with Crippen LogP contribution in [0.1, 0.15) is 17.5 Å². The molecule has 1 aliphatic heterocycles. The van der Waals surface area contributed by atoms with Crippen LogP contribution in [0.4, 0.5) is 5.69 Å².